The van der Waals surface area contributed by atoms with Gasteiger partial charge in [0, 0.05) is 20.1 Å². The largest absolute Gasteiger partial charge is 0.383 e. The monoisotopic (exact) mass is 363 g/mol. The lowest BCUT2D eigenvalue weighted by Gasteiger charge is -2.17. The summed E-state index contributed by atoms with van der Waals surface area (Å²) in [6.45, 7) is 1.12. The Morgan fingerprint density at radius 1 is 1.04 bits per heavy atom. The number of nitrogens with one attached hydrogen (secondary N) is 1. The number of amides is 1. The number of carbonyl (C=O) groups excluding carboxylic acids is 1. The zero-order valence-electron chi connectivity index (χ0n) is 15.2. The van der Waals surface area contributed by atoms with Gasteiger partial charge in [0.15, 0.2) is 0 Å². The maximum Gasteiger partial charge on any atom is 0.272 e. The molecule has 4 nitrogen and oxygen atoms in total. The lowest BCUT2D eigenvalue weighted by molar-refractivity contribution is 0.0779. The molecular weight excluding hydrogens is 341 g/mol. The summed E-state index contributed by atoms with van der Waals surface area (Å²) >= 11 is 0. The number of rotatable bonds is 7. The van der Waals surface area contributed by atoms with Crippen LogP contribution in [0.4, 0.5) is 10.1 Å². The van der Waals surface area contributed by atoms with Crippen LogP contribution in [-0.4, -0.2) is 29.4 Å². The first-order valence-electron chi connectivity index (χ1n) is 8.86. The number of hydrogen-bond acceptors (Lipinski definition) is 3. The average Bonchev–Trinajstić information content (AvgIpc) is 2.70. The number of benzene rings is 2. The predicted octanol–water partition coefficient (Wildman–Crippen LogP) is 4.15. The van der Waals surface area contributed by atoms with Crippen LogP contribution in [0.25, 0.3) is 0 Å². The Balaban J connectivity index is 1.53. The molecule has 0 aliphatic rings. The van der Waals surface area contributed by atoms with Crippen molar-refractivity contribution in [2.45, 2.75) is 13.0 Å². The number of aromatic nitrogens is 1. The Kier molecular flexibility index (Phi) is 6.15. The van der Waals surface area contributed by atoms with Crippen molar-refractivity contribution in [2.24, 2.45) is 0 Å². The van der Waals surface area contributed by atoms with Crippen LogP contribution in [-0.2, 0) is 13.0 Å². The molecule has 0 saturated carbocycles. The number of nitrogens with zero attached hydrogens (tertiary/aromatic N) is 2. The van der Waals surface area contributed by atoms with E-state index < -0.39 is 0 Å². The first-order valence-corrected chi connectivity index (χ1v) is 8.86. The second-order valence-electron chi connectivity index (χ2n) is 6.35. The molecule has 5 heteroatoms. The van der Waals surface area contributed by atoms with Crippen LogP contribution in [0.15, 0.2) is 72.9 Å². The lowest BCUT2D eigenvalue weighted by Crippen LogP contribution is -2.27. The number of carbonyl (C=O) groups is 1. The van der Waals surface area contributed by atoms with Gasteiger partial charge in [0.25, 0.3) is 5.91 Å². The molecule has 0 bridgehead atoms. The van der Waals surface area contributed by atoms with E-state index in [-0.39, 0.29) is 11.7 Å². The van der Waals surface area contributed by atoms with Crippen molar-refractivity contribution in [1.82, 2.24) is 9.88 Å². The van der Waals surface area contributed by atoms with Crippen LogP contribution in [0.5, 0.6) is 0 Å². The highest BCUT2D eigenvalue weighted by Crippen LogP contribution is 2.11. The van der Waals surface area contributed by atoms with Gasteiger partial charge in [-0.1, -0.05) is 48.5 Å². The van der Waals surface area contributed by atoms with Crippen molar-refractivity contribution >= 4 is 11.6 Å². The highest BCUT2D eigenvalue weighted by molar-refractivity contribution is 5.92. The molecule has 1 amide bonds. The van der Waals surface area contributed by atoms with Crippen molar-refractivity contribution in [1.29, 1.82) is 0 Å². The van der Waals surface area contributed by atoms with E-state index in [0.717, 1.165) is 11.3 Å². The van der Waals surface area contributed by atoms with Gasteiger partial charge in [0.05, 0.1) is 11.9 Å². The second kappa shape index (κ2) is 8.94. The Labute approximate surface area is 158 Å². The minimum absolute atomic E-state index is 0.128. The summed E-state index contributed by atoms with van der Waals surface area (Å²) < 4.78 is 13.6. The Hall–Kier alpha value is -3.21. The fourth-order valence-corrected chi connectivity index (χ4v) is 2.79. The number of halogens is 1. The molecule has 1 aromatic heterocycles. The molecular formula is C22H22FN3O. The summed E-state index contributed by atoms with van der Waals surface area (Å²) in [6, 6.07) is 20.1. The molecule has 0 aliphatic carbocycles. The highest BCUT2D eigenvalue weighted by atomic mass is 19.1. The van der Waals surface area contributed by atoms with E-state index in [1.807, 2.05) is 42.5 Å². The van der Waals surface area contributed by atoms with E-state index in [9.17, 15) is 9.18 Å². The first kappa shape index (κ1) is 18.6. The molecule has 1 heterocycles. The van der Waals surface area contributed by atoms with Crippen molar-refractivity contribution < 1.29 is 9.18 Å². The van der Waals surface area contributed by atoms with Gasteiger partial charge >= 0.3 is 0 Å². The molecule has 3 rings (SSSR count). The van der Waals surface area contributed by atoms with E-state index >= 15 is 0 Å². The zero-order chi connectivity index (χ0) is 19.1. The van der Waals surface area contributed by atoms with Crippen LogP contribution in [0.3, 0.4) is 0 Å². The molecule has 138 valence electrons. The van der Waals surface area contributed by atoms with Crippen molar-refractivity contribution in [2.75, 3.05) is 18.9 Å². The summed E-state index contributed by atoms with van der Waals surface area (Å²) in [4.78, 5) is 18.4. The number of pyridine rings is 1. The predicted molar refractivity (Wildman–Crippen MR) is 105 cm³/mol. The second-order valence-corrected chi connectivity index (χ2v) is 6.35. The normalized spacial score (nSPS) is 10.4. The fourth-order valence-electron chi connectivity index (χ4n) is 2.79. The minimum atomic E-state index is -0.195. The maximum absolute atomic E-state index is 13.6. The molecule has 1 N–H and O–H groups in total. The van der Waals surface area contributed by atoms with E-state index in [2.05, 4.69) is 10.3 Å². The Morgan fingerprint density at radius 3 is 2.48 bits per heavy atom. The molecule has 0 aliphatic heterocycles. The minimum Gasteiger partial charge on any atom is -0.383 e. The van der Waals surface area contributed by atoms with Gasteiger partial charge in [-0.25, -0.2) is 9.37 Å². The maximum atomic E-state index is 13.6. The molecule has 0 spiro atoms. The molecule has 3 aromatic rings. The van der Waals surface area contributed by atoms with E-state index in [4.69, 9.17) is 0 Å². The zero-order valence-corrected chi connectivity index (χ0v) is 15.2. The number of hydrogen-bond donors (Lipinski definition) is 1. The molecule has 27 heavy (non-hydrogen) atoms. The van der Waals surface area contributed by atoms with Crippen molar-refractivity contribution in [3.8, 4) is 0 Å². The summed E-state index contributed by atoms with van der Waals surface area (Å²) in [5, 5.41) is 3.20. The summed E-state index contributed by atoms with van der Waals surface area (Å²) in [5.41, 5.74) is 2.94. The van der Waals surface area contributed by atoms with Gasteiger partial charge in [-0.05, 0) is 35.7 Å². The quantitative estimate of drug-likeness (QED) is 0.686. The van der Waals surface area contributed by atoms with Crippen molar-refractivity contribution in [3.05, 3.63) is 95.6 Å². The van der Waals surface area contributed by atoms with Gasteiger partial charge in [0.2, 0.25) is 0 Å². The molecule has 0 saturated heterocycles. The first-order chi connectivity index (χ1) is 13.1. The van der Waals surface area contributed by atoms with Crippen LogP contribution < -0.4 is 5.32 Å². The smallest absolute Gasteiger partial charge is 0.272 e. The van der Waals surface area contributed by atoms with Crippen LogP contribution in [0.2, 0.25) is 0 Å². The summed E-state index contributed by atoms with van der Waals surface area (Å²) in [7, 11) is 1.76. The third kappa shape index (κ3) is 5.14. The van der Waals surface area contributed by atoms with Crippen LogP contribution >= 0.6 is 0 Å². The van der Waals surface area contributed by atoms with Gasteiger partial charge in [-0.2, -0.15) is 0 Å². The van der Waals surface area contributed by atoms with E-state index in [1.165, 1.54) is 6.07 Å². The van der Waals surface area contributed by atoms with Crippen molar-refractivity contribution in [3.63, 3.8) is 0 Å². The third-order valence-corrected chi connectivity index (χ3v) is 4.27. The SMILES string of the molecule is CN(Cc1ccccc1)C(=O)c1ccc(NCCc2ccccc2F)cn1. The topological polar surface area (TPSA) is 45.2 Å². The van der Waals surface area contributed by atoms with Gasteiger partial charge in [0.1, 0.15) is 11.5 Å². The fraction of sp³-hybridized carbons (Fsp3) is 0.182. The molecule has 0 fully saturated rings. The lowest BCUT2D eigenvalue weighted by atomic mass is 10.1. The molecule has 0 atom stereocenters. The standard InChI is InChI=1S/C22H22FN3O/c1-26(16-17-7-3-2-4-8-17)22(27)21-12-11-19(15-25-21)24-14-13-18-9-5-6-10-20(18)23/h2-12,15,24H,13-14,16H2,1H3. The Morgan fingerprint density at radius 2 is 1.78 bits per heavy atom. The molecule has 0 unspecified atom stereocenters. The average molecular weight is 363 g/mol. The van der Waals surface area contributed by atoms with Crippen LogP contribution in [0, 0.1) is 5.82 Å². The molecule has 2 aromatic carbocycles. The van der Waals surface area contributed by atoms with E-state index in [0.29, 0.717) is 30.8 Å². The van der Waals surface area contributed by atoms with Crippen LogP contribution in [0.1, 0.15) is 21.6 Å². The highest BCUT2D eigenvalue weighted by Gasteiger charge is 2.13. The number of anilines is 1. The summed E-state index contributed by atoms with van der Waals surface area (Å²) in [6.07, 6.45) is 2.21. The van der Waals surface area contributed by atoms with Gasteiger partial charge in [-0.15, -0.1) is 0 Å². The Bertz CT molecular complexity index is 882. The third-order valence-electron chi connectivity index (χ3n) is 4.27. The van der Waals surface area contributed by atoms with Gasteiger partial charge in [-0.3, -0.25) is 4.79 Å². The van der Waals surface area contributed by atoms with Gasteiger partial charge < -0.3 is 10.2 Å². The summed E-state index contributed by atoms with van der Waals surface area (Å²) in [5.74, 6) is -0.323. The molecule has 0 radical (unpaired) electrons. The van der Waals surface area contributed by atoms with E-state index in [1.54, 1.807) is 36.3 Å².